The summed E-state index contributed by atoms with van der Waals surface area (Å²) in [5.41, 5.74) is 0.830. The van der Waals surface area contributed by atoms with Gasteiger partial charge in [-0.25, -0.2) is 0 Å². The molecule has 0 N–H and O–H groups in total. The van der Waals surface area contributed by atoms with Gasteiger partial charge < -0.3 is 9.64 Å². The average molecular weight is 247 g/mol. The monoisotopic (exact) mass is 247 g/mol. The maximum Gasteiger partial charge on any atom is 0.234 e. The van der Waals surface area contributed by atoms with Gasteiger partial charge in [0.1, 0.15) is 11.5 Å². The lowest BCUT2D eigenvalue weighted by Crippen LogP contribution is -2.38. The van der Waals surface area contributed by atoms with Gasteiger partial charge in [-0.1, -0.05) is 6.92 Å². The third-order valence-corrected chi connectivity index (χ3v) is 2.88. The fourth-order valence-electron chi connectivity index (χ4n) is 1.93. The van der Waals surface area contributed by atoms with Crippen molar-refractivity contribution in [3.63, 3.8) is 0 Å². The van der Waals surface area contributed by atoms with E-state index in [0.29, 0.717) is 19.6 Å². The zero-order chi connectivity index (χ0) is 13.0. The summed E-state index contributed by atoms with van der Waals surface area (Å²) in [6.45, 7) is 3.22. The van der Waals surface area contributed by atoms with Gasteiger partial charge in [-0.15, -0.1) is 0 Å². The Morgan fingerprint density at radius 2 is 1.94 bits per heavy atom. The topological polar surface area (TPSA) is 46.6 Å². The summed E-state index contributed by atoms with van der Waals surface area (Å²) in [7, 11) is 0. The van der Waals surface area contributed by atoms with E-state index in [4.69, 9.17) is 4.74 Å². The van der Waals surface area contributed by atoms with Crippen LogP contribution in [-0.2, 0) is 9.59 Å². The molecule has 0 radical (unpaired) electrons. The van der Waals surface area contributed by atoms with Crippen LogP contribution in [0.3, 0.4) is 0 Å². The lowest BCUT2D eigenvalue weighted by Gasteiger charge is -2.26. The van der Waals surface area contributed by atoms with E-state index in [1.54, 1.807) is 4.90 Å². The number of hydrogen-bond acceptors (Lipinski definition) is 3. The van der Waals surface area contributed by atoms with Crippen molar-refractivity contribution >= 4 is 17.4 Å². The summed E-state index contributed by atoms with van der Waals surface area (Å²) in [5, 5.41) is 0. The fraction of sp³-hybridized carbons (Fsp3) is 0.429. The van der Waals surface area contributed by atoms with Crippen LogP contribution in [0.5, 0.6) is 5.75 Å². The molecular formula is C14H17NO3. The Hall–Kier alpha value is -1.84. The van der Waals surface area contributed by atoms with Crippen LogP contribution in [0.2, 0.25) is 0 Å². The fourth-order valence-corrected chi connectivity index (χ4v) is 1.93. The van der Waals surface area contributed by atoms with Gasteiger partial charge in [0.25, 0.3) is 0 Å². The van der Waals surface area contributed by atoms with Gasteiger partial charge in [0.05, 0.1) is 13.0 Å². The largest absolute Gasteiger partial charge is 0.494 e. The van der Waals surface area contributed by atoms with Crippen molar-refractivity contribution in [1.29, 1.82) is 0 Å². The zero-order valence-electron chi connectivity index (χ0n) is 10.5. The standard InChI is InChI=1S/C14H17NO3/c1-2-9-18-13-5-3-11(4-6-13)15-8-7-12(16)10-14(15)17/h3-6H,2,7-10H2,1H3. The number of ether oxygens (including phenoxy) is 1. The molecule has 96 valence electrons. The molecule has 1 heterocycles. The Balaban J connectivity index is 2.05. The van der Waals surface area contributed by atoms with Gasteiger partial charge in [0, 0.05) is 18.7 Å². The third-order valence-electron chi connectivity index (χ3n) is 2.88. The minimum absolute atomic E-state index is 0.0219. The molecule has 1 saturated heterocycles. The first-order chi connectivity index (χ1) is 8.70. The van der Waals surface area contributed by atoms with Crippen molar-refractivity contribution in [1.82, 2.24) is 0 Å². The number of carbonyl (C=O) groups is 2. The summed E-state index contributed by atoms with van der Waals surface area (Å²) in [6, 6.07) is 7.43. The van der Waals surface area contributed by atoms with E-state index in [2.05, 4.69) is 6.92 Å². The number of piperidine rings is 1. The Morgan fingerprint density at radius 1 is 1.22 bits per heavy atom. The number of hydrogen-bond donors (Lipinski definition) is 0. The first-order valence-corrected chi connectivity index (χ1v) is 6.25. The van der Waals surface area contributed by atoms with Crippen molar-refractivity contribution in [2.75, 3.05) is 18.1 Å². The van der Waals surface area contributed by atoms with Gasteiger partial charge in [0.2, 0.25) is 5.91 Å². The molecule has 0 atom stereocenters. The number of rotatable bonds is 4. The number of carbonyl (C=O) groups excluding carboxylic acids is 2. The summed E-state index contributed by atoms with van der Waals surface area (Å²) >= 11 is 0. The lowest BCUT2D eigenvalue weighted by atomic mass is 10.1. The van der Waals surface area contributed by atoms with Gasteiger partial charge >= 0.3 is 0 Å². The van der Waals surface area contributed by atoms with Gasteiger partial charge in [0.15, 0.2) is 0 Å². The summed E-state index contributed by atoms with van der Waals surface area (Å²) < 4.78 is 5.48. The molecule has 1 amide bonds. The highest BCUT2D eigenvalue weighted by molar-refractivity contribution is 6.08. The van der Waals surface area contributed by atoms with Crippen LogP contribution in [0.4, 0.5) is 5.69 Å². The van der Waals surface area contributed by atoms with Crippen LogP contribution in [-0.4, -0.2) is 24.8 Å². The molecule has 18 heavy (non-hydrogen) atoms. The quantitative estimate of drug-likeness (QED) is 0.766. The van der Waals surface area contributed by atoms with E-state index < -0.39 is 0 Å². The number of Topliss-reactive ketones (excluding diaryl/α,β-unsaturated/α-hetero) is 1. The number of benzene rings is 1. The van der Waals surface area contributed by atoms with Crippen molar-refractivity contribution in [2.24, 2.45) is 0 Å². The molecule has 4 heteroatoms. The van der Waals surface area contributed by atoms with Crippen LogP contribution in [0.25, 0.3) is 0 Å². The first kappa shape index (κ1) is 12.6. The molecule has 2 rings (SSSR count). The van der Waals surface area contributed by atoms with Gasteiger partial charge in [-0.2, -0.15) is 0 Å². The lowest BCUT2D eigenvalue weighted by molar-refractivity contribution is -0.128. The molecule has 4 nitrogen and oxygen atoms in total. The molecule has 1 aromatic rings. The number of amides is 1. The van der Waals surface area contributed by atoms with Crippen molar-refractivity contribution < 1.29 is 14.3 Å². The van der Waals surface area contributed by atoms with Crippen LogP contribution >= 0.6 is 0 Å². The molecular weight excluding hydrogens is 230 g/mol. The summed E-state index contributed by atoms with van der Waals surface area (Å²) in [6.07, 6.45) is 1.43. The number of ketones is 1. The normalized spacial score (nSPS) is 15.9. The molecule has 0 bridgehead atoms. The highest BCUT2D eigenvalue weighted by Crippen LogP contribution is 2.22. The Bertz CT molecular complexity index is 439. The predicted octanol–water partition coefficient (Wildman–Crippen LogP) is 2.17. The molecule has 0 spiro atoms. The van der Waals surface area contributed by atoms with Crippen LogP contribution in [0.15, 0.2) is 24.3 Å². The third kappa shape index (κ3) is 2.88. The predicted molar refractivity (Wildman–Crippen MR) is 68.8 cm³/mol. The molecule has 0 saturated carbocycles. The second-order valence-corrected chi connectivity index (χ2v) is 4.35. The Labute approximate surface area is 107 Å². The van der Waals surface area contributed by atoms with Crippen LogP contribution in [0.1, 0.15) is 26.2 Å². The second kappa shape index (κ2) is 5.67. The maximum absolute atomic E-state index is 11.7. The highest BCUT2D eigenvalue weighted by Gasteiger charge is 2.24. The van der Waals surface area contributed by atoms with E-state index in [1.807, 2.05) is 24.3 Å². The molecule has 0 unspecified atom stereocenters. The molecule has 1 aliphatic rings. The van der Waals surface area contributed by atoms with Crippen molar-refractivity contribution in [3.8, 4) is 5.75 Å². The molecule has 1 aliphatic heterocycles. The molecule has 1 aromatic carbocycles. The Morgan fingerprint density at radius 3 is 2.56 bits per heavy atom. The number of nitrogens with zero attached hydrogens (tertiary/aromatic N) is 1. The molecule has 0 aliphatic carbocycles. The second-order valence-electron chi connectivity index (χ2n) is 4.35. The van der Waals surface area contributed by atoms with Crippen molar-refractivity contribution in [3.05, 3.63) is 24.3 Å². The number of anilines is 1. The van der Waals surface area contributed by atoms with Crippen LogP contribution < -0.4 is 9.64 Å². The van der Waals surface area contributed by atoms with Crippen LogP contribution in [0, 0.1) is 0 Å². The maximum atomic E-state index is 11.7. The zero-order valence-corrected chi connectivity index (χ0v) is 10.5. The minimum atomic E-state index is -0.117. The van der Waals surface area contributed by atoms with Gasteiger partial charge in [-0.05, 0) is 30.7 Å². The van der Waals surface area contributed by atoms with E-state index in [1.165, 1.54) is 0 Å². The Kier molecular flexibility index (Phi) is 3.97. The smallest absolute Gasteiger partial charge is 0.234 e. The van der Waals surface area contributed by atoms with E-state index in [0.717, 1.165) is 17.9 Å². The minimum Gasteiger partial charge on any atom is -0.494 e. The van der Waals surface area contributed by atoms with Crippen molar-refractivity contribution in [2.45, 2.75) is 26.2 Å². The summed E-state index contributed by atoms with van der Waals surface area (Å²) in [5.74, 6) is 0.716. The summed E-state index contributed by atoms with van der Waals surface area (Å²) in [4.78, 5) is 24.5. The first-order valence-electron chi connectivity index (χ1n) is 6.25. The van der Waals surface area contributed by atoms with E-state index >= 15 is 0 Å². The SMILES string of the molecule is CCCOc1ccc(N2CCC(=O)CC2=O)cc1. The highest BCUT2D eigenvalue weighted by atomic mass is 16.5. The average Bonchev–Trinajstić information content (AvgIpc) is 2.37. The van der Waals surface area contributed by atoms with E-state index in [9.17, 15) is 9.59 Å². The molecule has 1 fully saturated rings. The molecule has 0 aromatic heterocycles. The van der Waals surface area contributed by atoms with Gasteiger partial charge in [-0.3, -0.25) is 9.59 Å². The van der Waals surface area contributed by atoms with E-state index in [-0.39, 0.29) is 18.1 Å².